The van der Waals surface area contributed by atoms with Gasteiger partial charge in [0.15, 0.2) is 10.8 Å². The molecule has 0 atom stereocenters. The van der Waals surface area contributed by atoms with Crippen LogP contribution in [0.1, 0.15) is 69.4 Å². The summed E-state index contributed by atoms with van der Waals surface area (Å²) >= 11 is 0.926. The van der Waals surface area contributed by atoms with Gasteiger partial charge in [0, 0.05) is 40.8 Å². The molecule has 0 saturated heterocycles. The van der Waals surface area contributed by atoms with Gasteiger partial charge in [0.2, 0.25) is 15.1 Å². The molecular weight excluding hydrogens is 514 g/mol. The second kappa shape index (κ2) is 9.02. The number of sulfonamides is 1. The molecule has 3 aliphatic rings. The number of amidine groups is 1. The molecule has 1 heterocycles. The highest BCUT2D eigenvalue weighted by molar-refractivity contribution is 8.26. The lowest BCUT2D eigenvalue weighted by Crippen LogP contribution is -2.57. The number of thioether (sulfide) groups is 1. The predicted octanol–water partition coefficient (Wildman–Crippen LogP) is 0.824. The van der Waals surface area contributed by atoms with Crippen LogP contribution in [0.3, 0.4) is 0 Å². The van der Waals surface area contributed by atoms with Crippen molar-refractivity contribution in [3.05, 3.63) is 35.7 Å². The number of benzene rings is 1. The van der Waals surface area contributed by atoms with Crippen molar-refractivity contribution in [3.8, 4) is 5.69 Å². The third-order valence-electron chi connectivity index (χ3n) is 7.58. The minimum atomic E-state index is -3.93. The molecule has 0 unspecified atom stereocenters. The van der Waals surface area contributed by atoms with Crippen molar-refractivity contribution in [3.63, 3.8) is 0 Å². The summed E-state index contributed by atoms with van der Waals surface area (Å²) in [6.07, 6.45) is 9.86. The number of rotatable bonds is 8. The summed E-state index contributed by atoms with van der Waals surface area (Å²) in [5.74, 6) is 0. The van der Waals surface area contributed by atoms with Crippen LogP contribution in [0.15, 0.2) is 34.4 Å². The van der Waals surface area contributed by atoms with E-state index in [1.54, 1.807) is 12.4 Å². The molecule has 3 fully saturated rings. The number of aliphatic imine (C=N–C) groups is 1. The summed E-state index contributed by atoms with van der Waals surface area (Å²) < 4.78 is 30.8. The number of hydrogen-bond acceptors (Lipinski definition) is 8. The zero-order valence-corrected chi connectivity index (χ0v) is 22.2. The molecule has 0 bridgehead atoms. The first-order valence-corrected chi connectivity index (χ1v) is 14.5. The highest BCUT2D eigenvalue weighted by Crippen LogP contribution is 2.42. The fourth-order valence-electron chi connectivity index (χ4n) is 4.46. The molecule has 13 heteroatoms. The van der Waals surface area contributed by atoms with Gasteiger partial charge >= 0.3 is 0 Å². The van der Waals surface area contributed by atoms with Crippen LogP contribution in [0.5, 0.6) is 0 Å². The molecule has 37 heavy (non-hydrogen) atoms. The van der Waals surface area contributed by atoms with Gasteiger partial charge in [-0.1, -0.05) is 0 Å². The monoisotopic (exact) mass is 546 g/mol. The third-order valence-corrected chi connectivity index (χ3v) is 10.1. The van der Waals surface area contributed by atoms with Crippen LogP contribution < -0.4 is 15.9 Å². The molecule has 1 aromatic carbocycles. The maximum Gasteiger partial charge on any atom is 0.247 e. The quantitative estimate of drug-likeness (QED) is 0.208. The first-order valence-electron chi connectivity index (χ1n) is 12.2. The Hall–Kier alpha value is -2.58. The molecule has 3 aliphatic carbocycles. The van der Waals surface area contributed by atoms with Gasteiger partial charge in [-0.05, 0) is 70.4 Å². The fraction of sp³-hybridized carbons (Fsp3) is 0.500. The number of hydrogen-bond donors (Lipinski definition) is 6. The number of aromatic nitrogens is 2. The normalized spacial score (nSPS) is 21.5. The largest absolute Gasteiger partial charge is 0.385 e. The molecule has 198 valence electrons. The molecule has 3 saturated carbocycles. The molecule has 0 spiro atoms. The smallest absolute Gasteiger partial charge is 0.247 e. The number of nitrogens with two attached hydrogens (primary N) is 2. The predicted molar refractivity (Wildman–Crippen MR) is 142 cm³/mol. The van der Waals surface area contributed by atoms with Crippen molar-refractivity contribution in [1.29, 1.82) is 5.41 Å². The Morgan fingerprint density at radius 2 is 1.92 bits per heavy atom. The summed E-state index contributed by atoms with van der Waals surface area (Å²) in [7, 11) is -3.93. The first kappa shape index (κ1) is 26.0. The molecular formula is C24H32N7O4S2+. The average molecular weight is 547 g/mol. The third kappa shape index (κ3) is 4.98. The molecule has 1 aromatic heterocycles. The maximum absolute atomic E-state index is 13.3. The van der Waals surface area contributed by atoms with E-state index >= 15 is 0 Å². The minimum Gasteiger partial charge on any atom is -0.385 e. The van der Waals surface area contributed by atoms with Gasteiger partial charge in [-0.15, -0.1) is 0 Å². The lowest BCUT2D eigenvalue weighted by molar-refractivity contribution is -0.135. The topological polar surface area (TPSA) is 192 Å². The van der Waals surface area contributed by atoms with Crippen LogP contribution in [-0.4, -0.2) is 56.0 Å². The summed E-state index contributed by atoms with van der Waals surface area (Å²) in [6.45, 7) is 1.84. The van der Waals surface area contributed by atoms with Gasteiger partial charge in [-0.25, -0.2) is 28.2 Å². The van der Waals surface area contributed by atoms with Crippen LogP contribution in [0, 0.1) is 5.41 Å². The van der Waals surface area contributed by atoms with E-state index < -0.39 is 26.8 Å². The molecule has 0 radical (unpaired) electrons. The Balaban J connectivity index is 1.58. The lowest BCUT2D eigenvalue weighted by Gasteiger charge is -2.35. The zero-order chi connectivity index (χ0) is 26.6. The molecule has 11 nitrogen and oxygen atoms in total. The van der Waals surface area contributed by atoms with E-state index in [0.29, 0.717) is 36.9 Å². The molecule has 5 rings (SSSR count). The van der Waals surface area contributed by atoms with Crippen molar-refractivity contribution >= 4 is 43.9 Å². The highest BCUT2D eigenvalue weighted by atomic mass is 32.2. The summed E-state index contributed by atoms with van der Waals surface area (Å²) in [5.41, 5.74) is 4.98. The van der Waals surface area contributed by atoms with Gasteiger partial charge in [0.1, 0.15) is 0 Å². The zero-order valence-electron chi connectivity index (χ0n) is 20.6. The van der Waals surface area contributed by atoms with Gasteiger partial charge in [0.25, 0.3) is 0 Å². The fourth-order valence-corrected chi connectivity index (χ4v) is 6.73. The Morgan fingerprint density at radius 1 is 1.24 bits per heavy atom. The summed E-state index contributed by atoms with van der Waals surface area (Å²) in [4.78, 5) is 4.36. The van der Waals surface area contributed by atoms with Crippen molar-refractivity contribution in [2.45, 2.75) is 79.9 Å². The number of aliphatic hydroxyl groups is 2. The van der Waals surface area contributed by atoms with E-state index in [0.717, 1.165) is 43.7 Å². The number of nitrogens with zero attached hydrogens (tertiary/aromatic N) is 3. The Morgan fingerprint density at radius 3 is 2.46 bits per heavy atom. The molecule has 0 amide bonds. The maximum atomic E-state index is 13.3. The van der Waals surface area contributed by atoms with Crippen LogP contribution >= 0.6 is 11.8 Å². The van der Waals surface area contributed by atoms with Crippen molar-refractivity contribution in [2.24, 2.45) is 10.7 Å². The SMILES string of the molecule is CC1(NS(=O)(=O)c2cc(N=C(N)SC(=[NH2+])C3(O)CCC3)c(C=N)c(-n3cc(C4(O)CCC4)cn3)c2)CC1. The lowest BCUT2D eigenvalue weighted by atomic mass is 9.76. The Bertz CT molecular complexity index is 1400. The van der Waals surface area contributed by atoms with E-state index in [1.807, 2.05) is 6.92 Å². The number of nitrogens with one attached hydrogen (secondary N) is 2. The van der Waals surface area contributed by atoms with Gasteiger partial charge in [-0.3, -0.25) is 0 Å². The van der Waals surface area contributed by atoms with Crippen LogP contribution in [0.25, 0.3) is 5.69 Å². The van der Waals surface area contributed by atoms with Crippen molar-refractivity contribution in [1.82, 2.24) is 14.5 Å². The van der Waals surface area contributed by atoms with E-state index in [9.17, 15) is 18.6 Å². The van der Waals surface area contributed by atoms with Crippen LogP contribution in [0.2, 0.25) is 0 Å². The summed E-state index contributed by atoms with van der Waals surface area (Å²) in [6, 6.07) is 2.81. The molecule has 0 aliphatic heterocycles. The Kier molecular flexibility index (Phi) is 6.35. The highest BCUT2D eigenvalue weighted by Gasteiger charge is 2.44. The van der Waals surface area contributed by atoms with Gasteiger partial charge < -0.3 is 21.4 Å². The van der Waals surface area contributed by atoms with Gasteiger partial charge in [-0.2, -0.15) is 5.10 Å². The average Bonchev–Trinajstić information content (AvgIpc) is 3.30. The van der Waals surface area contributed by atoms with E-state index in [2.05, 4.69) is 14.8 Å². The molecule has 2 aromatic rings. The Labute approximate surface area is 219 Å². The van der Waals surface area contributed by atoms with E-state index in [4.69, 9.17) is 16.6 Å². The second-order valence-electron chi connectivity index (χ2n) is 10.5. The van der Waals surface area contributed by atoms with Crippen LogP contribution in [0.4, 0.5) is 5.69 Å². The minimum absolute atomic E-state index is 0.00784. The van der Waals surface area contributed by atoms with Crippen molar-refractivity contribution < 1.29 is 24.0 Å². The molecule has 8 N–H and O–H groups in total. The van der Waals surface area contributed by atoms with E-state index in [1.165, 1.54) is 16.8 Å². The summed E-state index contributed by atoms with van der Waals surface area (Å²) in [5, 5.41) is 40.0. The standard InChI is InChI=1S/C24H31N7O4S2/c1-22(8-9-22)30-37(34,35)16-10-18(29-21(27)36-20(26)24(33)6-3-7-24)17(12-25)19(11-16)31-14-15(13-28-31)23(32)4-2-5-23/h10-14,25-26,30,32-33H,2-9H2,1H3,(H2,27,29)/p+1. The van der Waals surface area contributed by atoms with E-state index in [-0.39, 0.29) is 26.4 Å². The second-order valence-corrected chi connectivity index (χ2v) is 13.3. The van der Waals surface area contributed by atoms with Crippen molar-refractivity contribution in [2.75, 3.05) is 0 Å². The first-order chi connectivity index (χ1) is 17.4. The van der Waals surface area contributed by atoms with Gasteiger partial charge in [0.05, 0.1) is 28.1 Å². The van der Waals surface area contributed by atoms with Crippen LogP contribution in [-0.2, 0) is 15.6 Å².